The number of hydrogen-bond donors (Lipinski definition) is 2. The first-order chi connectivity index (χ1) is 8.95. The smallest absolute Gasteiger partial charge is 0.239 e. The monoisotopic (exact) mass is 283 g/mol. The molecule has 0 aliphatic rings. The molecule has 0 aromatic heterocycles. The number of carbonyl (C=O) groups is 1. The fourth-order valence-corrected chi connectivity index (χ4v) is 2.16. The van der Waals surface area contributed by atoms with Gasteiger partial charge in [-0.2, -0.15) is 0 Å². The first-order valence-corrected chi connectivity index (χ1v) is 6.78. The molecule has 0 spiro atoms. The summed E-state index contributed by atoms with van der Waals surface area (Å²) in [6.07, 6.45) is 0. The fraction of sp³-hybridized carbons (Fsp3) is 0.500. The summed E-state index contributed by atoms with van der Waals surface area (Å²) >= 11 is 6.19. The zero-order valence-electron chi connectivity index (χ0n) is 11.7. The highest BCUT2D eigenvalue weighted by Crippen LogP contribution is 2.28. The SMILES string of the molecule is CC(C)CNC(=O)CN(C)c1c(Cl)cccc1CN. The molecule has 0 bridgehead atoms. The number of benzene rings is 1. The number of rotatable bonds is 6. The lowest BCUT2D eigenvalue weighted by molar-refractivity contribution is -0.119. The van der Waals surface area contributed by atoms with Crippen molar-refractivity contribution in [2.24, 2.45) is 11.7 Å². The number of amides is 1. The van der Waals surface area contributed by atoms with E-state index in [4.69, 9.17) is 17.3 Å². The van der Waals surface area contributed by atoms with E-state index in [-0.39, 0.29) is 12.5 Å². The van der Waals surface area contributed by atoms with Gasteiger partial charge in [-0.1, -0.05) is 37.6 Å². The summed E-state index contributed by atoms with van der Waals surface area (Å²) in [6.45, 7) is 5.46. The molecule has 0 radical (unpaired) electrons. The van der Waals surface area contributed by atoms with Crippen molar-refractivity contribution < 1.29 is 4.79 Å². The highest BCUT2D eigenvalue weighted by atomic mass is 35.5. The van der Waals surface area contributed by atoms with Gasteiger partial charge in [0.05, 0.1) is 17.3 Å². The van der Waals surface area contributed by atoms with Crippen molar-refractivity contribution in [1.82, 2.24) is 5.32 Å². The summed E-state index contributed by atoms with van der Waals surface area (Å²) in [4.78, 5) is 13.6. The van der Waals surface area contributed by atoms with Gasteiger partial charge in [-0.25, -0.2) is 0 Å². The summed E-state index contributed by atoms with van der Waals surface area (Å²) < 4.78 is 0. The number of hydrogen-bond acceptors (Lipinski definition) is 3. The molecule has 4 nitrogen and oxygen atoms in total. The predicted molar refractivity (Wildman–Crippen MR) is 80.5 cm³/mol. The van der Waals surface area contributed by atoms with Crippen molar-refractivity contribution in [2.45, 2.75) is 20.4 Å². The minimum atomic E-state index is -0.0147. The normalized spacial score (nSPS) is 10.6. The van der Waals surface area contributed by atoms with Crippen molar-refractivity contribution in [2.75, 3.05) is 25.0 Å². The van der Waals surface area contributed by atoms with Gasteiger partial charge in [-0.05, 0) is 17.5 Å². The molecule has 1 rings (SSSR count). The average Bonchev–Trinajstić information content (AvgIpc) is 2.35. The van der Waals surface area contributed by atoms with Gasteiger partial charge in [-0.3, -0.25) is 4.79 Å². The molecule has 0 aliphatic carbocycles. The van der Waals surface area contributed by atoms with Crippen LogP contribution in [0.2, 0.25) is 5.02 Å². The molecule has 0 heterocycles. The molecule has 0 unspecified atom stereocenters. The zero-order valence-corrected chi connectivity index (χ0v) is 12.5. The Hall–Kier alpha value is -1.26. The van der Waals surface area contributed by atoms with Gasteiger partial charge in [0.2, 0.25) is 5.91 Å². The Balaban J connectivity index is 2.72. The third-order valence-electron chi connectivity index (χ3n) is 2.76. The van der Waals surface area contributed by atoms with Gasteiger partial charge in [0, 0.05) is 20.1 Å². The maximum absolute atomic E-state index is 11.8. The van der Waals surface area contributed by atoms with Gasteiger partial charge in [0.25, 0.3) is 0 Å². The van der Waals surface area contributed by atoms with Gasteiger partial charge >= 0.3 is 0 Å². The minimum Gasteiger partial charge on any atom is -0.364 e. The van der Waals surface area contributed by atoms with Crippen LogP contribution in [-0.2, 0) is 11.3 Å². The Labute approximate surface area is 119 Å². The molecule has 0 aliphatic heterocycles. The summed E-state index contributed by atoms with van der Waals surface area (Å²) in [5, 5.41) is 3.50. The summed E-state index contributed by atoms with van der Waals surface area (Å²) in [5.74, 6) is 0.424. The van der Waals surface area contributed by atoms with E-state index in [2.05, 4.69) is 19.2 Å². The number of nitrogens with zero attached hydrogens (tertiary/aromatic N) is 1. The van der Waals surface area contributed by atoms with Crippen LogP contribution in [0, 0.1) is 5.92 Å². The van der Waals surface area contributed by atoms with E-state index in [9.17, 15) is 4.79 Å². The van der Waals surface area contributed by atoms with Crippen molar-refractivity contribution in [3.63, 3.8) is 0 Å². The Bertz CT molecular complexity index is 435. The molecule has 0 saturated heterocycles. The van der Waals surface area contributed by atoms with E-state index in [1.165, 1.54) is 0 Å². The van der Waals surface area contributed by atoms with Crippen LogP contribution < -0.4 is 16.0 Å². The first-order valence-electron chi connectivity index (χ1n) is 6.41. The molecule has 1 amide bonds. The lowest BCUT2D eigenvalue weighted by Gasteiger charge is -2.23. The molecule has 106 valence electrons. The average molecular weight is 284 g/mol. The Morgan fingerprint density at radius 1 is 1.47 bits per heavy atom. The second-order valence-corrected chi connectivity index (χ2v) is 5.41. The molecule has 19 heavy (non-hydrogen) atoms. The third-order valence-corrected chi connectivity index (χ3v) is 3.07. The van der Waals surface area contributed by atoms with E-state index in [1.807, 2.05) is 24.1 Å². The van der Waals surface area contributed by atoms with Crippen LogP contribution in [-0.4, -0.2) is 26.0 Å². The number of halogens is 1. The van der Waals surface area contributed by atoms with Gasteiger partial charge in [0.1, 0.15) is 0 Å². The molecule has 0 fully saturated rings. The first kappa shape index (κ1) is 15.8. The summed E-state index contributed by atoms with van der Waals surface area (Å²) in [7, 11) is 1.84. The highest BCUT2D eigenvalue weighted by Gasteiger charge is 2.13. The van der Waals surface area contributed by atoms with Gasteiger partial charge < -0.3 is 16.0 Å². The maximum atomic E-state index is 11.8. The largest absolute Gasteiger partial charge is 0.364 e. The Kier molecular flexibility index (Phi) is 6.12. The quantitative estimate of drug-likeness (QED) is 0.840. The fourth-order valence-electron chi connectivity index (χ4n) is 1.82. The van der Waals surface area contributed by atoms with E-state index in [0.717, 1.165) is 11.3 Å². The predicted octanol–water partition coefficient (Wildman–Crippen LogP) is 2.01. The third kappa shape index (κ3) is 4.73. The number of carbonyl (C=O) groups excluding carboxylic acids is 1. The molecular formula is C14H22ClN3O. The highest BCUT2D eigenvalue weighted by molar-refractivity contribution is 6.33. The van der Waals surface area contributed by atoms with E-state index in [0.29, 0.717) is 24.0 Å². The van der Waals surface area contributed by atoms with Crippen LogP contribution in [0.3, 0.4) is 0 Å². The standard InChI is InChI=1S/C14H22ClN3O/c1-10(2)8-17-13(19)9-18(3)14-11(7-16)5-4-6-12(14)15/h4-6,10H,7-9,16H2,1-3H3,(H,17,19). The van der Waals surface area contributed by atoms with Crippen molar-refractivity contribution >= 4 is 23.2 Å². The summed E-state index contributed by atoms with van der Waals surface area (Å²) in [5.41, 5.74) is 7.46. The molecule has 0 atom stereocenters. The van der Waals surface area contributed by atoms with Crippen LogP contribution in [0.4, 0.5) is 5.69 Å². The topological polar surface area (TPSA) is 58.4 Å². The molecule has 5 heteroatoms. The van der Waals surface area contributed by atoms with Crippen molar-refractivity contribution in [3.8, 4) is 0 Å². The number of nitrogens with one attached hydrogen (secondary N) is 1. The Morgan fingerprint density at radius 2 is 2.16 bits per heavy atom. The number of para-hydroxylation sites is 1. The van der Waals surface area contributed by atoms with Crippen LogP contribution >= 0.6 is 11.6 Å². The minimum absolute atomic E-state index is 0.0147. The van der Waals surface area contributed by atoms with Gasteiger partial charge in [-0.15, -0.1) is 0 Å². The molecular weight excluding hydrogens is 262 g/mol. The van der Waals surface area contributed by atoms with E-state index in [1.54, 1.807) is 6.07 Å². The number of nitrogens with two attached hydrogens (primary N) is 1. The second kappa shape index (κ2) is 7.36. The van der Waals surface area contributed by atoms with Crippen molar-refractivity contribution in [1.29, 1.82) is 0 Å². The lowest BCUT2D eigenvalue weighted by atomic mass is 10.1. The summed E-state index contributed by atoms with van der Waals surface area (Å²) in [6, 6.07) is 5.59. The van der Waals surface area contributed by atoms with Crippen LogP contribution in [0.5, 0.6) is 0 Å². The second-order valence-electron chi connectivity index (χ2n) is 5.01. The van der Waals surface area contributed by atoms with Crippen LogP contribution in [0.15, 0.2) is 18.2 Å². The zero-order chi connectivity index (χ0) is 14.4. The van der Waals surface area contributed by atoms with Crippen LogP contribution in [0.1, 0.15) is 19.4 Å². The molecule has 1 aromatic carbocycles. The number of anilines is 1. The van der Waals surface area contributed by atoms with E-state index >= 15 is 0 Å². The molecule has 3 N–H and O–H groups in total. The van der Waals surface area contributed by atoms with Crippen LogP contribution in [0.25, 0.3) is 0 Å². The molecule has 0 saturated carbocycles. The van der Waals surface area contributed by atoms with Gasteiger partial charge in [0.15, 0.2) is 0 Å². The lowest BCUT2D eigenvalue weighted by Crippen LogP contribution is -2.37. The maximum Gasteiger partial charge on any atom is 0.239 e. The van der Waals surface area contributed by atoms with E-state index < -0.39 is 0 Å². The molecule has 1 aromatic rings. The van der Waals surface area contributed by atoms with Crippen molar-refractivity contribution in [3.05, 3.63) is 28.8 Å². The Morgan fingerprint density at radius 3 is 2.74 bits per heavy atom. The number of likely N-dealkylation sites (N-methyl/N-ethyl adjacent to an activating group) is 1.